The summed E-state index contributed by atoms with van der Waals surface area (Å²) < 4.78 is 7.83. The van der Waals surface area contributed by atoms with E-state index in [1.165, 1.54) is 0 Å². The van der Waals surface area contributed by atoms with Crippen molar-refractivity contribution >= 4 is 23.5 Å². The van der Waals surface area contributed by atoms with Gasteiger partial charge in [-0.2, -0.15) is 14.9 Å². The summed E-state index contributed by atoms with van der Waals surface area (Å²) in [6.07, 6.45) is 1.60. The maximum atomic E-state index is 6.09. The van der Waals surface area contributed by atoms with Crippen molar-refractivity contribution in [2.75, 3.05) is 0 Å². The number of aryl methyl sites for hydroxylation is 1. The molecule has 0 amide bonds. The second-order valence-electron chi connectivity index (χ2n) is 5.20. The van der Waals surface area contributed by atoms with Gasteiger partial charge in [-0.3, -0.25) is 5.43 Å². The van der Waals surface area contributed by atoms with Crippen molar-refractivity contribution in [3.05, 3.63) is 71.9 Å². The molecule has 0 saturated carbocycles. The van der Waals surface area contributed by atoms with Crippen LogP contribution in [0.5, 0.6) is 11.6 Å². The Morgan fingerprint density at radius 3 is 2.44 bits per heavy atom. The van der Waals surface area contributed by atoms with Crippen molar-refractivity contribution < 1.29 is 4.74 Å². The van der Waals surface area contributed by atoms with Gasteiger partial charge in [-0.25, -0.2) is 0 Å². The number of para-hydroxylation sites is 2. The molecule has 3 aromatic rings. The third-order valence-corrected chi connectivity index (χ3v) is 3.48. The van der Waals surface area contributed by atoms with E-state index in [9.17, 15) is 0 Å². The zero-order valence-corrected chi connectivity index (χ0v) is 14.4. The van der Waals surface area contributed by atoms with Crippen LogP contribution in [0.3, 0.4) is 0 Å². The number of ether oxygens (including phenoxy) is 1. The Balaban J connectivity index is 2.06. The molecule has 0 fully saturated rings. The topological polar surface area (TPSA) is 77.5 Å². The molecule has 3 N–H and O–H groups in total. The first-order valence-electron chi connectivity index (χ1n) is 7.61. The molecule has 1 heterocycles. The molecule has 0 unspecified atom stereocenters. The number of benzene rings is 2. The summed E-state index contributed by atoms with van der Waals surface area (Å²) in [4.78, 5) is 0. The van der Waals surface area contributed by atoms with Crippen molar-refractivity contribution in [3.63, 3.8) is 0 Å². The number of nitrogens with zero attached hydrogens (tertiary/aromatic N) is 3. The van der Waals surface area contributed by atoms with Crippen molar-refractivity contribution in [1.82, 2.24) is 15.2 Å². The van der Waals surface area contributed by atoms with E-state index in [1.54, 1.807) is 10.9 Å². The first kappa shape index (κ1) is 16.7. The molecule has 25 heavy (non-hydrogen) atoms. The molecule has 0 saturated heterocycles. The summed E-state index contributed by atoms with van der Waals surface area (Å²) in [7, 11) is 0. The van der Waals surface area contributed by atoms with E-state index in [-0.39, 0.29) is 5.11 Å². The quantitative estimate of drug-likeness (QED) is 0.419. The number of thiocarbonyl (C=S) groups is 1. The fraction of sp³-hybridized carbons (Fsp3) is 0.0556. The molecule has 3 rings (SSSR count). The van der Waals surface area contributed by atoms with Crippen LogP contribution in [0, 0.1) is 6.92 Å². The Kier molecular flexibility index (Phi) is 5.06. The lowest BCUT2D eigenvalue weighted by Gasteiger charge is -2.10. The van der Waals surface area contributed by atoms with Gasteiger partial charge in [0.2, 0.25) is 5.88 Å². The second kappa shape index (κ2) is 7.59. The molecule has 0 radical (unpaired) electrons. The monoisotopic (exact) mass is 351 g/mol. The van der Waals surface area contributed by atoms with Crippen LogP contribution in [0.1, 0.15) is 11.3 Å². The van der Waals surface area contributed by atoms with Gasteiger partial charge in [0.25, 0.3) is 0 Å². The SMILES string of the molecule is Cc1nn(-c2ccccc2)c(Oc2ccccc2)c1/C=N/NC(N)=S. The van der Waals surface area contributed by atoms with Crippen LogP contribution in [0.15, 0.2) is 65.8 Å². The fourth-order valence-corrected chi connectivity index (χ4v) is 2.32. The predicted octanol–water partition coefficient (Wildman–Crippen LogP) is 3.14. The molecule has 126 valence electrons. The van der Waals surface area contributed by atoms with Gasteiger partial charge in [0.05, 0.1) is 23.2 Å². The molecule has 0 aliphatic heterocycles. The largest absolute Gasteiger partial charge is 0.438 e. The van der Waals surface area contributed by atoms with Gasteiger partial charge in [-0.05, 0) is 43.4 Å². The Hall–Kier alpha value is -3.19. The summed E-state index contributed by atoms with van der Waals surface area (Å²) >= 11 is 4.76. The highest BCUT2D eigenvalue weighted by molar-refractivity contribution is 7.80. The summed E-state index contributed by atoms with van der Waals surface area (Å²) in [5.41, 5.74) is 10.3. The number of hydrazone groups is 1. The Morgan fingerprint density at radius 2 is 1.80 bits per heavy atom. The molecule has 0 bridgehead atoms. The van der Waals surface area contributed by atoms with Crippen molar-refractivity contribution in [2.24, 2.45) is 10.8 Å². The molecule has 2 aromatic carbocycles. The van der Waals surface area contributed by atoms with Crippen LogP contribution < -0.4 is 15.9 Å². The first-order chi connectivity index (χ1) is 12.1. The Bertz CT molecular complexity index is 891. The minimum Gasteiger partial charge on any atom is -0.438 e. The normalized spacial score (nSPS) is 10.8. The van der Waals surface area contributed by atoms with Gasteiger partial charge < -0.3 is 10.5 Å². The first-order valence-corrected chi connectivity index (χ1v) is 8.02. The van der Waals surface area contributed by atoms with Gasteiger partial charge in [0.15, 0.2) is 5.11 Å². The lowest BCUT2D eigenvalue weighted by atomic mass is 10.2. The van der Waals surface area contributed by atoms with Gasteiger partial charge in [0, 0.05) is 0 Å². The van der Waals surface area contributed by atoms with E-state index in [1.807, 2.05) is 67.6 Å². The lowest BCUT2D eigenvalue weighted by molar-refractivity contribution is 0.444. The zero-order chi connectivity index (χ0) is 17.6. The average molecular weight is 351 g/mol. The van der Waals surface area contributed by atoms with Crippen molar-refractivity contribution in [2.45, 2.75) is 6.92 Å². The molecule has 0 atom stereocenters. The van der Waals surface area contributed by atoms with E-state index in [0.717, 1.165) is 16.9 Å². The molecular formula is C18H17N5OS. The Labute approximate surface area is 150 Å². The van der Waals surface area contributed by atoms with Gasteiger partial charge in [-0.1, -0.05) is 36.4 Å². The number of nitrogens with two attached hydrogens (primary N) is 1. The summed E-state index contributed by atoms with van der Waals surface area (Å²) in [6.45, 7) is 1.89. The zero-order valence-electron chi connectivity index (χ0n) is 13.6. The minimum absolute atomic E-state index is 0.0925. The number of nitrogens with one attached hydrogen (secondary N) is 1. The number of rotatable bonds is 5. The third kappa shape index (κ3) is 4.02. The number of hydrogen-bond donors (Lipinski definition) is 2. The predicted molar refractivity (Wildman–Crippen MR) is 102 cm³/mol. The molecule has 0 aliphatic carbocycles. The average Bonchev–Trinajstić information content (AvgIpc) is 2.92. The third-order valence-electron chi connectivity index (χ3n) is 3.39. The molecular weight excluding hydrogens is 334 g/mol. The van der Waals surface area contributed by atoms with Crippen LogP contribution in [0.4, 0.5) is 0 Å². The standard InChI is InChI=1S/C18H17N5OS/c1-13-16(12-20-21-18(19)25)17(24-15-10-6-3-7-11-15)23(22-13)14-8-4-2-5-9-14/h2-12H,1H3,(H3,19,21,25)/b20-12+. The molecule has 1 aromatic heterocycles. The Morgan fingerprint density at radius 1 is 1.16 bits per heavy atom. The van der Waals surface area contributed by atoms with E-state index in [2.05, 4.69) is 15.6 Å². The summed E-state index contributed by atoms with van der Waals surface area (Å²) in [5, 5.41) is 8.71. The highest BCUT2D eigenvalue weighted by Crippen LogP contribution is 2.29. The summed E-state index contributed by atoms with van der Waals surface area (Å²) in [6, 6.07) is 19.3. The van der Waals surface area contributed by atoms with E-state index >= 15 is 0 Å². The molecule has 6 nitrogen and oxygen atoms in total. The van der Waals surface area contributed by atoms with Crippen LogP contribution in [-0.2, 0) is 0 Å². The summed E-state index contributed by atoms with van der Waals surface area (Å²) in [5.74, 6) is 1.26. The van der Waals surface area contributed by atoms with Crippen molar-refractivity contribution in [1.29, 1.82) is 0 Å². The number of aromatic nitrogens is 2. The van der Waals surface area contributed by atoms with Crippen LogP contribution >= 0.6 is 12.2 Å². The lowest BCUT2D eigenvalue weighted by Crippen LogP contribution is -2.24. The van der Waals surface area contributed by atoms with E-state index in [4.69, 9.17) is 22.7 Å². The van der Waals surface area contributed by atoms with Gasteiger partial charge in [0.1, 0.15) is 5.75 Å². The van der Waals surface area contributed by atoms with Crippen LogP contribution in [0.2, 0.25) is 0 Å². The fourth-order valence-electron chi connectivity index (χ4n) is 2.27. The van der Waals surface area contributed by atoms with Gasteiger partial charge >= 0.3 is 0 Å². The second-order valence-corrected chi connectivity index (χ2v) is 5.64. The smallest absolute Gasteiger partial charge is 0.231 e. The molecule has 0 aliphatic rings. The minimum atomic E-state index is 0.0925. The van der Waals surface area contributed by atoms with Crippen molar-refractivity contribution in [3.8, 4) is 17.3 Å². The maximum absolute atomic E-state index is 6.09. The highest BCUT2D eigenvalue weighted by atomic mass is 32.1. The molecule has 0 spiro atoms. The maximum Gasteiger partial charge on any atom is 0.231 e. The molecule has 7 heteroatoms. The van der Waals surface area contributed by atoms with Gasteiger partial charge in [-0.15, -0.1) is 0 Å². The number of hydrogen-bond acceptors (Lipinski definition) is 4. The van der Waals surface area contributed by atoms with Crippen LogP contribution in [-0.4, -0.2) is 21.1 Å². The highest BCUT2D eigenvalue weighted by Gasteiger charge is 2.17. The van der Waals surface area contributed by atoms with E-state index < -0.39 is 0 Å². The van der Waals surface area contributed by atoms with E-state index in [0.29, 0.717) is 11.6 Å². The van der Waals surface area contributed by atoms with Crippen LogP contribution in [0.25, 0.3) is 5.69 Å².